The van der Waals surface area contributed by atoms with Crippen molar-refractivity contribution < 1.29 is 13.2 Å². The molecule has 0 bridgehead atoms. The van der Waals surface area contributed by atoms with Crippen LogP contribution in [-0.4, -0.2) is 67.5 Å². The Kier molecular flexibility index (Phi) is 7.93. The first-order valence-electron chi connectivity index (χ1n) is 11.4. The molecule has 168 valence electrons. The van der Waals surface area contributed by atoms with Crippen LogP contribution in [0.5, 0.6) is 0 Å². The van der Waals surface area contributed by atoms with Crippen LogP contribution in [0.15, 0.2) is 30.3 Å². The van der Waals surface area contributed by atoms with Gasteiger partial charge in [0.05, 0.1) is 5.75 Å². The molecule has 2 unspecified atom stereocenters. The Morgan fingerprint density at radius 2 is 1.83 bits per heavy atom. The lowest BCUT2D eigenvalue weighted by atomic mass is 9.83. The number of hydrogen-bond acceptors (Lipinski definition) is 4. The second-order valence-electron chi connectivity index (χ2n) is 9.03. The van der Waals surface area contributed by atoms with Gasteiger partial charge in [-0.3, -0.25) is 9.69 Å². The molecule has 1 aliphatic carbocycles. The molecule has 2 fully saturated rings. The van der Waals surface area contributed by atoms with Gasteiger partial charge in [0, 0.05) is 43.8 Å². The Morgan fingerprint density at radius 3 is 2.50 bits per heavy atom. The first kappa shape index (κ1) is 23.2. The standard InChI is InChI=1S/C23H37N3O3S/c1-3-17-30(28,29)26-15-13-25(14-16-26)23(12-8-7-9-20(2)18-23)19-24-22(27)21-10-5-4-6-11-21/h4-6,10-11,20H,3,7-9,12-19H2,1-2H3,(H,24,27). The van der Waals surface area contributed by atoms with Gasteiger partial charge in [-0.15, -0.1) is 0 Å². The average Bonchev–Trinajstić information content (AvgIpc) is 2.94. The average molecular weight is 436 g/mol. The number of nitrogens with zero attached hydrogens (tertiary/aromatic N) is 2. The van der Waals surface area contributed by atoms with Crippen LogP contribution in [0.1, 0.15) is 62.7 Å². The number of rotatable bonds is 7. The van der Waals surface area contributed by atoms with Crippen LogP contribution in [0.4, 0.5) is 0 Å². The summed E-state index contributed by atoms with van der Waals surface area (Å²) in [5.41, 5.74) is 0.589. The molecule has 0 aromatic heterocycles. The number of benzene rings is 1. The van der Waals surface area contributed by atoms with Gasteiger partial charge in [0.2, 0.25) is 10.0 Å². The van der Waals surface area contributed by atoms with E-state index in [0.717, 1.165) is 32.4 Å². The normalized spacial score (nSPS) is 26.8. The maximum absolute atomic E-state index is 12.7. The van der Waals surface area contributed by atoms with Crippen LogP contribution in [0.25, 0.3) is 0 Å². The summed E-state index contributed by atoms with van der Waals surface area (Å²) in [6.45, 7) is 7.39. The highest BCUT2D eigenvalue weighted by molar-refractivity contribution is 7.89. The maximum atomic E-state index is 12.7. The molecule has 1 N–H and O–H groups in total. The molecular formula is C23H37N3O3S. The van der Waals surface area contributed by atoms with Gasteiger partial charge in [-0.2, -0.15) is 4.31 Å². The van der Waals surface area contributed by atoms with Gasteiger partial charge in [-0.25, -0.2) is 8.42 Å². The van der Waals surface area contributed by atoms with E-state index in [1.807, 2.05) is 37.3 Å². The van der Waals surface area contributed by atoms with Gasteiger partial charge < -0.3 is 5.32 Å². The molecule has 1 aromatic rings. The maximum Gasteiger partial charge on any atom is 0.251 e. The smallest absolute Gasteiger partial charge is 0.251 e. The SMILES string of the molecule is CCCS(=O)(=O)N1CCN(C2(CNC(=O)c3ccccc3)CCCCC(C)C2)CC1. The number of hydrogen-bond donors (Lipinski definition) is 1. The quantitative estimate of drug-likeness (QED) is 0.668. The third-order valence-corrected chi connectivity index (χ3v) is 8.77. The lowest BCUT2D eigenvalue weighted by molar-refractivity contribution is 0.0321. The van der Waals surface area contributed by atoms with Gasteiger partial charge >= 0.3 is 0 Å². The predicted octanol–water partition coefficient (Wildman–Crippen LogP) is 3.11. The first-order chi connectivity index (χ1) is 14.4. The fraction of sp³-hybridized carbons (Fsp3) is 0.696. The minimum atomic E-state index is -3.15. The Bertz CT molecular complexity index is 791. The van der Waals surface area contributed by atoms with Gasteiger partial charge in [0.1, 0.15) is 0 Å². The Labute approximate surface area is 182 Å². The van der Waals surface area contributed by atoms with Crippen molar-refractivity contribution >= 4 is 15.9 Å². The highest BCUT2D eigenvalue weighted by Gasteiger charge is 2.41. The summed E-state index contributed by atoms with van der Waals surface area (Å²) >= 11 is 0. The molecular weight excluding hydrogens is 398 g/mol. The number of piperazine rings is 1. The van der Waals surface area contributed by atoms with Crippen molar-refractivity contribution in [3.8, 4) is 0 Å². The van der Waals surface area contributed by atoms with E-state index in [1.165, 1.54) is 12.8 Å². The van der Waals surface area contributed by atoms with Gasteiger partial charge in [0.25, 0.3) is 5.91 Å². The van der Waals surface area contributed by atoms with Crippen LogP contribution in [0, 0.1) is 5.92 Å². The molecule has 1 saturated heterocycles. The van der Waals surface area contributed by atoms with Crippen molar-refractivity contribution in [3.63, 3.8) is 0 Å². The summed E-state index contributed by atoms with van der Waals surface area (Å²) in [4.78, 5) is 15.2. The number of nitrogens with one attached hydrogen (secondary N) is 1. The first-order valence-corrected chi connectivity index (χ1v) is 13.0. The molecule has 1 saturated carbocycles. The molecule has 2 atom stereocenters. The monoisotopic (exact) mass is 435 g/mol. The van der Waals surface area contributed by atoms with Crippen molar-refractivity contribution in [2.24, 2.45) is 5.92 Å². The fourth-order valence-corrected chi connectivity index (χ4v) is 6.62. The van der Waals surface area contributed by atoms with Crippen LogP contribution in [0.2, 0.25) is 0 Å². The predicted molar refractivity (Wildman–Crippen MR) is 121 cm³/mol. The second-order valence-corrected chi connectivity index (χ2v) is 11.1. The molecule has 3 rings (SSSR count). The van der Waals surface area contributed by atoms with Crippen molar-refractivity contribution in [2.75, 3.05) is 38.5 Å². The minimum Gasteiger partial charge on any atom is -0.350 e. The highest BCUT2D eigenvalue weighted by Crippen LogP contribution is 2.36. The van der Waals surface area contributed by atoms with E-state index in [9.17, 15) is 13.2 Å². The summed E-state index contributed by atoms with van der Waals surface area (Å²) < 4.78 is 26.6. The molecule has 7 heteroatoms. The summed E-state index contributed by atoms with van der Waals surface area (Å²) in [7, 11) is -3.15. The molecule has 1 amide bonds. The van der Waals surface area contributed by atoms with E-state index in [-0.39, 0.29) is 17.2 Å². The second kappa shape index (κ2) is 10.2. The number of sulfonamides is 1. The molecule has 1 aliphatic heterocycles. The Morgan fingerprint density at radius 1 is 1.13 bits per heavy atom. The topological polar surface area (TPSA) is 69.7 Å². The summed E-state index contributed by atoms with van der Waals surface area (Å²) in [5.74, 6) is 0.793. The van der Waals surface area contributed by atoms with Gasteiger partial charge in [-0.05, 0) is 37.3 Å². The van der Waals surface area contributed by atoms with Crippen molar-refractivity contribution in [2.45, 2.75) is 57.9 Å². The fourth-order valence-electron chi connectivity index (χ4n) is 5.12. The molecule has 0 radical (unpaired) electrons. The van der Waals surface area contributed by atoms with E-state index >= 15 is 0 Å². The molecule has 1 heterocycles. The lowest BCUT2D eigenvalue weighted by Gasteiger charge is -2.48. The minimum absolute atomic E-state index is 0.0314. The van der Waals surface area contributed by atoms with Gasteiger partial charge in [-0.1, -0.05) is 51.3 Å². The van der Waals surface area contributed by atoms with Crippen molar-refractivity contribution in [1.29, 1.82) is 0 Å². The highest BCUT2D eigenvalue weighted by atomic mass is 32.2. The molecule has 2 aliphatic rings. The zero-order valence-electron chi connectivity index (χ0n) is 18.5. The summed E-state index contributed by atoms with van der Waals surface area (Å²) in [5, 5.41) is 3.20. The number of carbonyl (C=O) groups is 1. The molecule has 1 aromatic carbocycles. The zero-order valence-corrected chi connectivity index (χ0v) is 19.3. The third kappa shape index (κ3) is 5.62. The van der Waals surface area contributed by atoms with E-state index < -0.39 is 10.0 Å². The van der Waals surface area contributed by atoms with Crippen LogP contribution in [-0.2, 0) is 10.0 Å². The van der Waals surface area contributed by atoms with Crippen LogP contribution >= 0.6 is 0 Å². The summed E-state index contributed by atoms with van der Waals surface area (Å²) in [6, 6.07) is 9.37. The lowest BCUT2D eigenvalue weighted by Crippen LogP contribution is -2.62. The van der Waals surface area contributed by atoms with E-state index in [4.69, 9.17) is 0 Å². The van der Waals surface area contributed by atoms with E-state index in [1.54, 1.807) is 4.31 Å². The van der Waals surface area contributed by atoms with Crippen LogP contribution < -0.4 is 5.32 Å². The Balaban J connectivity index is 1.72. The largest absolute Gasteiger partial charge is 0.350 e. The molecule has 0 spiro atoms. The van der Waals surface area contributed by atoms with Gasteiger partial charge in [0.15, 0.2) is 0 Å². The van der Waals surface area contributed by atoms with E-state index in [0.29, 0.717) is 37.5 Å². The zero-order chi connectivity index (χ0) is 21.6. The number of carbonyl (C=O) groups excluding carboxylic acids is 1. The van der Waals surface area contributed by atoms with Crippen molar-refractivity contribution in [3.05, 3.63) is 35.9 Å². The molecule has 30 heavy (non-hydrogen) atoms. The van der Waals surface area contributed by atoms with Crippen LogP contribution in [0.3, 0.4) is 0 Å². The Hall–Kier alpha value is -1.44. The molecule has 6 nitrogen and oxygen atoms in total. The van der Waals surface area contributed by atoms with Crippen molar-refractivity contribution in [1.82, 2.24) is 14.5 Å². The van der Waals surface area contributed by atoms with E-state index in [2.05, 4.69) is 17.1 Å². The number of amides is 1. The summed E-state index contributed by atoms with van der Waals surface area (Å²) in [6.07, 6.45) is 6.34. The third-order valence-electron chi connectivity index (χ3n) is 6.70.